The van der Waals surface area contributed by atoms with Gasteiger partial charge in [0.15, 0.2) is 11.5 Å². The van der Waals surface area contributed by atoms with Crippen LogP contribution in [0.15, 0.2) is 87.1 Å². The van der Waals surface area contributed by atoms with E-state index in [4.69, 9.17) is 13.9 Å². The van der Waals surface area contributed by atoms with Gasteiger partial charge in [-0.1, -0.05) is 48.5 Å². The Labute approximate surface area is 249 Å². The monoisotopic (exact) mass is 585 g/mol. The SMILES string of the molecule is COc1cccc(NC(=O)C(CC(=O)CC(c2ccccc2)c2c(O)c3ccccc3oc2=O)=NNC(C)(C)C)c1OC. The highest BCUT2D eigenvalue weighted by molar-refractivity contribution is 6.45. The number of hydrogen-bond acceptors (Lipinski definition) is 9. The molecule has 0 saturated heterocycles. The molecule has 0 spiro atoms. The smallest absolute Gasteiger partial charge is 0.343 e. The van der Waals surface area contributed by atoms with Gasteiger partial charge in [-0.3, -0.25) is 9.59 Å². The summed E-state index contributed by atoms with van der Waals surface area (Å²) < 4.78 is 16.3. The van der Waals surface area contributed by atoms with Crippen LogP contribution in [0.2, 0.25) is 0 Å². The highest BCUT2D eigenvalue weighted by Gasteiger charge is 2.29. The van der Waals surface area contributed by atoms with Gasteiger partial charge in [-0.25, -0.2) is 4.79 Å². The fourth-order valence-electron chi connectivity index (χ4n) is 4.60. The third kappa shape index (κ3) is 7.40. The van der Waals surface area contributed by atoms with Crippen LogP contribution in [0, 0.1) is 0 Å². The molecule has 0 fully saturated rings. The fourth-order valence-corrected chi connectivity index (χ4v) is 4.60. The van der Waals surface area contributed by atoms with E-state index < -0.39 is 23.0 Å². The Morgan fingerprint density at radius 1 is 0.953 bits per heavy atom. The maximum Gasteiger partial charge on any atom is 0.343 e. The van der Waals surface area contributed by atoms with Crippen molar-refractivity contribution in [3.8, 4) is 17.2 Å². The largest absolute Gasteiger partial charge is 0.507 e. The number of Topliss-reactive ketones (excluding diaryl/α,β-unsaturated/α-hetero) is 1. The molecular weight excluding hydrogens is 550 g/mol. The van der Waals surface area contributed by atoms with Crippen molar-refractivity contribution in [2.75, 3.05) is 19.5 Å². The van der Waals surface area contributed by atoms with Crippen LogP contribution >= 0.6 is 0 Å². The van der Waals surface area contributed by atoms with Gasteiger partial charge >= 0.3 is 5.63 Å². The first-order valence-electron chi connectivity index (χ1n) is 13.7. The van der Waals surface area contributed by atoms with Crippen LogP contribution < -0.4 is 25.8 Å². The van der Waals surface area contributed by atoms with E-state index in [0.717, 1.165) is 0 Å². The molecule has 10 nitrogen and oxygen atoms in total. The van der Waals surface area contributed by atoms with E-state index in [1.807, 2.05) is 26.8 Å². The molecular formula is C33H35N3O7. The van der Waals surface area contributed by atoms with Crippen molar-refractivity contribution >= 4 is 34.1 Å². The van der Waals surface area contributed by atoms with Crippen LogP contribution in [0.3, 0.4) is 0 Å². The van der Waals surface area contributed by atoms with Crippen molar-refractivity contribution in [3.05, 3.63) is 94.3 Å². The van der Waals surface area contributed by atoms with Crippen LogP contribution in [-0.2, 0) is 9.59 Å². The zero-order chi connectivity index (χ0) is 31.1. The van der Waals surface area contributed by atoms with Crippen molar-refractivity contribution in [1.29, 1.82) is 0 Å². The summed E-state index contributed by atoms with van der Waals surface area (Å²) in [5.74, 6) is -1.37. The van der Waals surface area contributed by atoms with Crippen molar-refractivity contribution < 1.29 is 28.6 Å². The average molecular weight is 586 g/mol. The Hall–Kier alpha value is -5.12. The van der Waals surface area contributed by atoms with Gasteiger partial charge in [-0.15, -0.1) is 0 Å². The quantitative estimate of drug-likeness (QED) is 0.121. The molecule has 1 atom stereocenters. The van der Waals surface area contributed by atoms with E-state index in [1.54, 1.807) is 66.7 Å². The number of rotatable bonds is 11. The summed E-state index contributed by atoms with van der Waals surface area (Å²) in [6.45, 7) is 5.60. The Bertz CT molecular complexity index is 1710. The molecule has 1 amide bonds. The number of carbonyl (C=O) groups excluding carboxylic acids is 2. The molecule has 43 heavy (non-hydrogen) atoms. The van der Waals surface area contributed by atoms with E-state index >= 15 is 0 Å². The predicted molar refractivity (Wildman–Crippen MR) is 165 cm³/mol. The molecule has 0 aliphatic heterocycles. The molecule has 3 N–H and O–H groups in total. The van der Waals surface area contributed by atoms with Gasteiger partial charge in [-0.2, -0.15) is 5.10 Å². The standard InChI is InChI=1S/C33H35N3O7/c1-33(2,3)36-35-25(31(39)34-24-15-11-17-27(41-4)30(24)42-5)19-21(37)18-23(20-12-7-6-8-13-20)28-29(38)22-14-9-10-16-26(22)43-32(28)40/h6-17,23,36,38H,18-19H2,1-5H3,(H,34,39). The number of hydrazone groups is 1. The second-order valence-corrected chi connectivity index (χ2v) is 10.9. The molecule has 1 aromatic heterocycles. The van der Waals surface area contributed by atoms with Gasteiger partial charge in [0.2, 0.25) is 0 Å². The number of anilines is 1. The minimum absolute atomic E-state index is 0.0323. The average Bonchev–Trinajstić information content (AvgIpc) is 2.98. The van der Waals surface area contributed by atoms with Gasteiger partial charge in [0.1, 0.15) is 22.8 Å². The molecule has 224 valence electrons. The molecule has 0 saturated carbocycles. The molecule has 0 radical (unpaired) electrons. The van der Waals surface area contributed by atoms with Crippen molar-refractivity contribution in [1.82, 2.24) is 5.43 Å². The van der Waals surface area contributed by atoms with Crippen LogP contribution in [0.4, 0.5) is 5.69 Å². The number of nitrogens with one attached hydrogen (secondary N) is 2. The summed E-state index contributed by atoms with van der Waals surface area (Å²) in [5, 5.41) is 18.6. The lowest BCUT2D eigenvalue weighted by atomic mass is 9.86. The van der Waals surface area contributed by atoms with Crippen LogP contribution in [-0.4, -0.2) is 42.3 Å². The number of benzene rings is 3. The summed E-state index contributed by atoms with van der Waals surface area (Å²) in [6, 6.07) is 20.6. The molecule has 0 aliphatic carbocycles. The van der Waals surface area contributed by atoms with E-state index in [0.29, 0.717) is 28.1 Å². The Balaban J connectivity index is 1.68. The lowest BCUT2D eigenvalue weighted by Crippen LogP contribution is -2.35. The van der Waals surface area contributed by atoms with E-state index in [-0.39, 0.29) is 41.2 Å². The molecule has 0 aliphatic rings. The number of aromatic hydroxyl groups is 1. The third-order valence-electron chi connectivity index (χ3n) is 6.61. The molecule has 4 aromatic rings. The minimum Gasteiger partial charge on any atom is -0.507 e. The fraction of sp³-hybridized carbons (Fsp3) is 0.273. The molecule has 3 aromatic carbocycles. The number of nitrogens with zero attached hydrogens (tertiary/aromatic N) is 1. The molecule has 1 unspecified atom stereocenters. The summed E-state index contributed by atoms with van der Waals surface area (Å²) in [7, 11) is 2.94. The molecule has 10 heteroatoms. The molecule has 1 heterocycles. The van der Waals surface area contributed by atoms with E-state index in [1.165, 1.54) is 14.2 Å². The number of ketones is 1. The van der Waals surface area contributed by atoms with Crippen LogP contribution in [0.1, 0.15) is 50.7 Å². The highest BCUT2D eigenvalue weighted by Crippen LogP contribution is 2.37. The van der Waals surface area contributed by atoms with Gasteiger partial charge < -0.3 is 29.7 Å². The van der Waals surface area contributed by atoms with E-state index in [2.05, 4.69) is 15.8 Å². The Morgan fingerprint density at radius 2 is 1.65 bits per heavy atom. The van der Waals surface area contributed by atoms with Crippen LogP contribution in [0.5, 0.6) is 17.2 Å². The topological polar surface area (TPSA) is 139 Å². The first kappa shape index (κ1) is 30.8. The summed E-state index contributed by atoms with van der Waals surface area (Å²) >= 11 is 0. The highest BCUT2D eigenvalue weighted by atomic mass is 16.5. The summed E-state index contributed by atoms with van der Waals surface area (Å²) in [4.78, 5) is 40.3. The van der Waals surface area contributed by atoms with E-state index in [9.17, 15) is 19.5 Å². The number of carbonyl (C=O) groups is 2. The maximum atomic E-state index is 13.7. The normalized spacial score (nSPS) is 12.4. The second kappa shape index (κ2) is 13.2. The summed E-state index contributed by atoms with van der Waals surface area (Å²) in [5.41, 5.74) is 2.77. The first-order valence-corrected chi connectivity index (χ1v) is 13.7. The maximum absolute atomic E-state index is 13.7. The van der Waals surface area contributed by atoms with Gasteiger partial charge in [-0.05, 0) is 50.6 Å². The molecule has 4 rings (SSSR count). The Kier molecular flexibility index (Phi) is 9.49. The minimum atomic E-state index is -0.840. The Morgan fingerprint density at radius 3 is 2.33 bits per heavy atom. The van der Waals surface area contributed by atoms with Crippen molar-refractivity contribution in [2.45, 2.75) is 45.1 Å². The second-order valence-electron chi connectivity index (χ2n) is 10.9. The number of hydrogen-bond donors (Lipinski definition) is 3. The lowest BCUT2D eigenvalue weighted by molar-refractivity contribution is -0.119. The number of para-hydroxylation sites is 2. The summed E-state index contributed by atoms with van der Waals surface area (Å²) in [6.07, 6.45) is -0.560. The molecule has 0 bridgehead atoms. The predicted octanol–water partition coefficient (Wildman–Crippen LogP) is 5.38. The zero-order valence-corrected chi connectivity index (χ0v) is 24.8. The first-order chi connectivity index (χ1) is 20.5. The lowest BCUT2D eigenvalue weighted by Gasteiger charge is -2.20. The van der Waals surface area contributed by atoms with Crippen molar-refractivity contribution in [2.24, 2.45) is 5.10 Å². The zero-order valence-electron chi connectivity index (χ0n) is 24.8. The van der Waals surface area contributed by atoms with Gasteiger partial charge in [0.05, 0.1) is 37.3 Å². The number of ether oxygens (including phenoxy) is 2. The van der Waals surface area contributed by atoms with Gasteiger partial charge in [0.25, 0.3) is 5.91 Å². The number of methoxy groups -OCH3 is 2. The van der Waals surface area contributed by atoms with Crippen LogP contribution in [0.25, 0.3) is 11.0 Å². The van der Waals surface area contributed by atoms with Crippen molar-refractivity contribution in [3.63, 3.8) is 0 Å². The number of fused-ring (bicyclic) bond motifs is 1. The van der Waals surface area contributed by atoms with Gasteiger partial charge in [0, 0.05) is 17.9 Å². The number of amides is 1. The third-order valence-corrected chi connectivity index (χ3v) is 6.61.